The van der Waals surface area contributed by atoms with Gasteiger partial charge in [0, 0.05) is 6.54 Å². The Morgan fingerprint density at radius 3 is 3.00 bits per heavy atom. The Morgan fingerprint density at radius 2 is 2.42 bits per heavy atom. The highest BCUT2D eigenvalue weighted by Gasteiger charge is 2.17. The fourth-order valence-corrected chi connectivity index (χ4v) is 1.42. The molecule has 1 aliphatic rings. The molecule has 2 heterocycles. The molecule has 1 fully saturated rings. The van der Waals surface area contributed by atoms with Crippen LogP contribution in [-0.2, 0) is 4.74 Å². The topological polar surface area (TPSA) is 34.4 Å². The van der Waals surface area contributed by atoms with Gasteiger partial charge in [-0.3, -0.25) is 0 Å². The van der Waals surface area contributed by atoms with Crippen molar-refractivity contribution < 1.29 is 9.15 Å². The maximum absolute atomic E-state index is 5.64. The van der Waals surface area contributed by atoms with Crippen LogP contribution >= 0.6 is 11.6 Å². The minimum atomic E-state index is 0.159. The monoisotopic (exact) mass is 187 g/mol. The van der Waals surface area contributed by atoms with Gasteiger partial charge in [0.05, 0.1) is 19.3 Å². The lowest BCUT2D eigenvalue weighted by molar-refractivity contribution is 0.0700. The summed E-state index contributed by atoms with van der Waals surface area (Å²) in [6.45, 7) is 2.29. The van der Waals surface area contributed by atoms with E-state index < -0.39 is 0 Å². The van der Waals surface area contributed by atoms with Crippen molar-refractivity contribution in [2.45, 2.75) is 6.04 Å². The minimum Gasteiger partial charge on any atom is -0.448 e. The summed E-state index contributed by atoms with van der Waals surface area (Å²) in [6.07, 6.45) is 0. The zero-order valence-electron chi connectivity index (χ0n) is 6.55. The molecule has 4 heteroatoms. The molecule has 0 aliphatic carbocycles. The van der Waals surface area contributed by atoms with E-state index in [0.29, 0.717) is 11.8 Å². The smallest absolute Gasteiger partial charge is 0.193 e. The van der Waals surface area contributed by atoms with Crippen molar-refractivity contribution in [1.82, 2.24) is 5.32 Å². The van der Waals surface area contributed by atoms with E-state index in [9.17, 15) is 0 Å². The maximum atomic E-state index is 5.64. The molecule has 1 atom stereocenters. The molecule has 1 aromatic heterocycles. The van der Waals surface area contributed by atoms with Crippen LogP contribution in [0.1, 0.15) is 11.8 Å². The van der Waals surface area contributed by atoms with Crippen LogP contribution in [0.4, 0.5) is 0 Å². The second kappa shape index (κ2) is 3.47. The van der Waals surface area contributed by atoms with E-state index in [-0.39, 0.29) is 6.04 Å². The van der Waals surface area contributed by atoms with Gasteiger partial charge in [0.25, 0.3) is 0 Å². The van der Waals surface area contributed by atoms with E-state index in [2.05, 4.69) is 5.32 Å². The standard InChI is InChI=1S/C8H10ClNO2/c9-8-2-1-7(12-8)6-5-11-4-3-10-6/h1-2,6,10H,3-5H2/t6-/m1/s1. The van der Waals surface area contributed by atoms with E-state index in [1.807, 2.05) is 6.07 Å². The lowest BCUT2D eigenvalue weighted by Gasteiger charge is -2.21. The average molecular weight is 188 g/mol. The molecular weight excluding hydrogens is 178 g/mol. The maximum Gasteiger partial charge on any atom is 0.193 e. The largest absolute Gasteiger partial charge is 0.448 e. The predicted molar refractivity (Wildman–Crippen MR) is 45.3 cm³/mol. The van der Waals surface area contributed by atoms with E-state index in [4.69, 9.17) is 20.8 Å². The summed E-state index contributed by atoms with van der Waals surface area (Å²) in [7, 11) is 0. The van der Waals surface area contributed by atoms with Gasteiger partial charge >= 0.3 is 0 Å². The van der Waals surface area contributed by atoms with Gasteiger partial charge in [0.15, 0.2) is 5.22 Å². The van der Waals surface area contributed by atoms with Crippen LogP contribution in [-0.4, -0.2) is 19.8 Å². The zero-order chi connectivity index (χ0) is 8.39. The van der Waals surface area contributed by atoms with Gasteiger partial charge in [-0.2, -0.15) is 0 Å². The molecule has 3 nitrogen and oxygen atoms in total. The van der Waals surface area contributed by atoms with Gasteiger partial charge in [0.1, 0.15) is 5.76 Å². The second-order valence-electron chi connectivity index (χ2n) is 2.72. The molecule has 66 valence electrons. The van der Waals surface area contributed by atoms with Gasteiger partial charge in [-0.1, -0.05) is 0 Å². The summed E-state index contributed by atoms with van der Waals surface area (Å²) in [4.78, 5) is 0. The normalized spacial score (nSPS) is 24.2. The number of furan rings is 1. The van der Waals surface area contributed by atoms with E-state index in [0.717, 1.165) is 18.9 Å². The number of rotatable bonds is 1. The molecule has 0 saturated carbocycles. The predicted octanol–water partition coefficient (Wildman–Crippen LogP) is 1.59. The first-order chi connectivity index (χ1) is 5.86. The van der Waals surface area contributed by atoms with Crippen LogP contribution in [0.5, 0.6) is 0 Å². The zero-order valence-corrected chi connectivity index (χ0v) is 7.30. The van der Waals surface area contributed by atoms with Crippen molar-refractivity contribution in [2.75, 3.05) is 19.8 Å². The molecule has 0 spiro atoms. The van der Waals surface area contributed by atoms with E-state index >= 15 is 0 Å². The molecule has 1 saturated heterocycles. The average Bonchev–Trinajstić information content (AvgIpc) is 2.54. The molecule has 1 N–H and O–H groups in total. The van der Waals surface area contributed by atoms with Crippen molar-refractivity contribution >= 4 is 11.6 Å². The highest BCUT2D eigenvalue weighted by atomic mass is 35.5. The van der Waals surface area contributed by atoms with Gasteiger partial charge in [-0.15, -0.1) is 0 Å². The molecule has 12 heavy (non-hydrogen) atoms. The van der Waals surface area contributed by atoms with Gasteiger partial charge in [0.2, 0.25) is 0 Å². The first-order valence-electron chi connectivity index (χ1n) is 3.92. The first-order valence-corrected chi connectivity index (χ1v) is 4.30. The van der Waals surface area contributed by atoms with Gasteiger partial charge in [-0.05, 0) is 23.7 Å². The molecular formula is C8H10ClNO2. The number of morpholine rings is 1. The Kier molecular flexibility index (Phi) is 2.35. The third-order valence-corrected chi connectivity index (χ3v) is 2.06. The van der Waals surface area contributed by atoms with E-state index in [1.165, 1.54) is 0 Å². The molecule has 0 amide bonds. The number of ether oxygens (including phenoxy) is 1. The van der Waals surface area contributed by atoms with Crippen LogP contribution in [0.15, 0.2) is 16.5 Å². The second-order valence-corrected chi connectivity index (χ2v) is 3.10. The highest BCUT2D eigenvalue weighted by Crippen LogP contribution is 2.21. The Bertz CT molecular complexity index is 255. The summed E-state index contributed by atoms with van der Waals surface area (Å²) in [5.74, 6) is 0.847. The van der Waals surface area contributed by atoms with Crippen molar-refractivity contribution in [2.24, 2.45) is 0 Å². The van der Waals surface area contributed by atoms with Gasteiger partial charge < -0.3 is 14.5 Å². The molecule has 1 aromatic rings. The molecule has 0 aromatic carbocycles. The van der Waals surface area contributed by atoms with Crippen LogP contribution in [0.25, 0.3) is 0 Å². The fourth-order valence-electron chi connectivity index (χ4n) is 1.26. The third-order valence-electron chi connectivity index (χ3n) is 1.86. The fraction of sp³-hybridized carbons (Fsp3) is 0.500. The number of halogens is 1. The van der Waals surface area contributed by atoms with Crippen LogP contribution in [0.3, 0.4) is 0 Å². The third kappa shape index (κ3) is 1.63. The van der Waals surface area contributed by atoms with E-state index in [1.54, 1.807) is 6.07 Å². The minimum absolute atomic E-state index is 0.159. The summed E-state index contributed by atoms with van der Waals surface area (Å²) in [5, 5.41) is 3.70. The lowest BCUT2D eigenvalue weighted by Crippen LogP contribution is -2.34. The molecule has 0 radical (unpaired) electrons. The van der Waals surface area contributed by atoms with Crippen molar-refractivity contribution in [3.63, 3.8) is 0 Å². The summed E-state index contributed by atoms with van der Waals surface area (Å²) < 4.78 is 10.5. The summed E-state index contributed by atoms with van der Waals surface area (Å²) >= 11 is 5.64. The van der Waals surface area contributed by atoms with Gasteiger partial charge in [-0.25, -0.2) is 0 Å². The van der Waals surface area contributed by atoms with Crippen LogP contribution < -0.4 is 5.32 Å². The first kappa shape index (κ1) is 8.10. The molecule has 1 aliphatic heterocycles. The number of hydrogen-bond donors (Lipinski definition) is 1. The Labute approximate surface area is 75.6 Å². The molecule has 2 rings (SSSR count). The quantitative estimate of drug-likeness (QED) is 0.725. The van der Waals surface area contributed by atoms with Crippen molar-refractivity contribution in [1.29, 1.82) is 0 Å². The molecule has 0 unspecified atom stereocenters. The number of nitrogens with one attached hydrogen (secondary N) is 1. The van der Waals surface area contributed by atoms with Crippen molar-refractivity contribution in [3.8, 4) is 0 Å². The Morgan fingerprint density at radius 1 is 1.50 bits per heavy atom. The molecule has 0 bridgehead atoms. The Balaban J connectivity index is 2.08. The summed E-state index contributed by atoms with van der Waals surface area (Å²) in [6, 6.07) is 3.77. The van der Waals surface area contributed by atoms with Crippen molar-refractivity contribution in [3.05, 3.63) is 23.1 Å². The SMILES string of the molecule is Clc1ccc([C@H]2COCCN2)o1. The number of hydrogen-bond acceptors (Lipinski definition) is 3. The lowest BCUT2D eigenvalue weighted by atomic mass is 10.2. The summed E-state index contributed by atoms with van der Waals surface area (Å²) in [5.41, 5.74) is 0. The van der Waals surface area contributed by atoms with Crippen LogP contribution in [0, 0.1) is 0 Å². The van der Waals surface area contributed by atoms with Crippen LogP contribution in [0.2, 0.25) is 5.22 Å². The highest BCUT2D eigenvalue weighted by molar-refractivity contribution is 6.28. The Hall–Kier alpha value is -0.510.